The van der Waals surface area contributed by atoms with E-state index < -0.39 is 52.3 Å². The van der Waals surface area contributed by atoms with Crippen molar-refractivity contribution in [3.8, 4) is 0 Å². The van der Waals surface area contributed by atoms with Crippen LogP contribution in [0.15, 0.2) is 0 Å². The average molecular weight is 371 g/mol. The number of halogens is 4. The molecule has 2 atom stereocenters. The van der Waals surface area contributed by atoms with E-state index in [1.165, 1.54) is 0 Å². The zero-order valence-electron chi connectivity index (χ0n) is 15.0. The van der Waals surface area contributed by atoms with Crippen molar-refractivity contribution >= 4 is 11.8 Å². The lowest BCUT2D eigenvalue weighted by molar-refractivity contribution is 0.0531. The molecule has 3 nitrogen and oxygen atoms in total. The van der Waals surface area contributed by atoms with Gasteiger partial charge in [0.15, 0.2) is 23.3 Å². The van der Waals surface area contributed by atoms with Crippen LogP contribution in [0.5, 0.6) is 0 Å². The van der Waals surface area contributed by atoms with Crippen molar-refractivity contribution < 1.29 is 27.2 Å². The molecule has 0 saturated heterocycles. The molecule has 26 heavy (non-hydrogen) atoms. The second kappa shape index (κ2) is 6.35. The molecule has 0 spiro atoms. The van der Waals surface area contributed by atoms with E-state index >= 15 is 0 Å². The monoisotopic (exact) mass is 371 g/mol. The fourth-order valence-electron chi connectivity index (χ4n) is 4.32. The molecule has 0 unspecified atom stereocenters. The van der Waals surface area contributed by atoms with Crippen molar-refractivity contribution in [3.63, 3.8) is 0 Å². The van der Waals surface area contributed by atoms with Crippen LogP contribution in [0.2, 0.25) is 0 Å². The molecule has 1 aliphatic carbocycles. The second-order valence-electron chi connectivity index (χ2n) is 7.86. The first kappa shape index (κ1) is 18.9. The maximum Gasteiger partial charge on any atom is 0.265 e. The predicted octanol–water partition coefficient (Wildman–Crippen LogP) is 4.83. The van der Waals surface area contributed by atoms with Crippen LogP contribution in [0.3, 0.4) is 0 Å². The Morgan fingerprint density at radius 3 is 1.88 bits per heavy atom. The summed E-state index contributed by atoms with van der Waals surface area (Å²) in [5.41, 5.74) is -1.97. The normalized spacial score (nSPS) is 22.9. The van der Waals surface area contributed by atoms with Crippen LogP contribution < -0.4 is 0 Å². The van der Waals surface area contributed by atoms with E-state index in [-0.39, 0.29) is 11.3 Å². The molecule has 0 bridgehead atoms. The quantitative estimate of drug-likeness (QED) is 0.329. The van der Waals surface area contributed by atoms with Crippen LogP contribution in [-0.2, 0) is 0 Å². The predicted molar refractivity (Wildman–Crippen MR) is 86.6 cm³/mol. The molecule has 0 radical (unpaired) electrons. The van der Waals surface area contributed by atoms with Gasteiger partial charge >= 0.3 is 0 Å². The maximum atomic E-state index is 14.1. The lowest BCUT2D eigenvalue weighted by atomic mass is 9.78. The molecule has 0 aromatic heterocycles. The van der Waals surface area contributed by atoms with Crippen molar-refractivity contribution in [2.45, 2.75) is 58.9 Å². The van der Waals surface area contributed by atoms with Gasteiger partial charge in [0.1, 0.15) is 0 Å². The smallest absolute Gasteiger partial charge is 0.265 e. The van der Waals surface area contributed by atoms with E-state index in [2.05, 4.69) is 13.8 Å². The zero-order chi connectivity index (χ0) is 19.4. The minimum atomic E-state index is -2.07. The number of rotatable bonds is 4. The Balaban J connectivity index is 1.99. The molecule has 1 aliphatic heterocycles. The van der Waals surface area contributed by atoms with Crippen molar-refractivity contribution in [1.82, 2.24) is 4.90 Å². The van der Waals surface area contributed by atoms with E-state index in [1.807, 2.05) is 0 Å². The van der Waals surface area contributed by atoms with Gasteiger partial charge in [-0.3, -0.25) is 14.5 Å². The van der Waals surface area contributed by atoms with Crippen LogP contribution in [-0.4, -0.2) is 22.8 Å². The molecule has 2 amide bonds. The van der Waals surface area contributed by atoms with Gasteiger partial charge in [-0.05, 0) is 37.0 Å². The number of hydrogen-bond donors (Lipinski definition) is 0. The first-order valence-corrected chi connectivity index (χ1v) is 8.85. The van der Waals surface area contributed by atoms with E-state index in [9.17, 15) is 27.2 Å². The minimum Gasteiger partial charge on any atom is -0.271 e. The third-order valence-corrected chi connectivity index (χ3v) is 6.00. The molecule has 142 valence electrons. The highest BCUT2D eigenvalue weighted by Gasteiger charge is 2.47. The summed E-state index contributed by atoms with van der Waals surface area (Å²) in [6, 6.07) is -0.574. The van der Waals surface area contributed by atoms with Crippen LogP contribution in [0.1, 0.15) is 73.6 Å². The Kier molecular flexibility index (Phi) is 4.61. The second-order valence-corrected chi connectivity index (χ2v) is 7.86. The molecule has 0 N–H and O–H groups in total. The number of carbonyl (C=O) groups excluding carboxylic acids is 2. The molecule has 1 aromatic rings. The highest BCUT2D eigenvalue weighted by Crippen LogP contribution is 2.46. The maximum absolute atomic E-state index is 14.1. The summed E-state index contributed by atoms with van der Waals surface area (Å²) in [5.74, 6) is -9.71. The van der Waals surface area contributed by atoms with Gasteiger partial charge in [-0.25, -0.2) is 17.6 Å². The standard InChI is InChI=1S/C19H21F4NO2/c1-4-10(8-9-6-5-7-19(9,2)3)24-17(25)11-12(18(24)26)14(21)16(23)15(22)13(11)20/h9-10H,4-8H2,1-3H3/t9-,10-/m1/s1. The Hall–Kier alpha value is -1.92. The molecular weight excluding hydrogens is 350 g/mol. The van der Waals surface area contributed by atoms with E-state index in [0.717, 1.165) is 24.2 Å². The number of carbonyl (C=O) groups is 2. The summed E-state index contributed by atoms with van der Waals surface area (Å²) in [5, 5.41) is 0. The highest BCUT2D eigenvalue weighted by molar-refractivity contribution is 6.21. The topological polar surface area (TPSA) is 37.4 Å². The summed E-state index contributed by atoms with van der Waals surface area (Å²) >= 11 is 0. The third-order valence-electron chi connectivity index (χ3n) is 6.00. The molecule has 1 heterocycles. The summed E-state index contributed by atoms with van der Waals surface area (Å²) in [7, 11) is 0. The summed E-state index contributed by atoms with van der Waals surface area (Å²) in [6.07, 6.45) is 3.90. The lowest BCUT2D eigenvalue weighted by Gasteiger charge is -2.33. The Morgan fingerprint density at radius 2 is 1.50 bits per heavy atom. The van der Waals surface area contributed by atoms with Gasteiger partial charge in [0.05, 0.1) is 11.1 Å². The van der Waals surface area contributed by atoms with Gasteiger partial charge in [0.25, 0.3) is 11.8 Å². The van der Waals surface area contributed by atoms with Gasteiger partial charge in [-0.1, -0.05) is 27.2 Å². The van der Waals surface area contributed by atoms with Crippen LogP contribution in [0.4, 0.5) is 17.6 Å². The van der Waals surface area contributed by atoms with Gasteiger partial charge in [-0.2, -0.15) is 0 Å². The number of benzene rings is 1. The van der Waals surface area contributed by atoms with Crippen LogP contribution >= 0.6 is 0 Å². The first-order valence-electron chi connectivity index (χ1n) is 8.85. The summed E-state index contributed by atoms with van der Waals surface area (Å²) in [6.45, 7) is 6.00. The van der Waals surface area contributed by atoms with Crippen molar-refractivity contribution in [3.05, 3.63) is 34.4 Å². The third kappa shape index (κ3) is 2.63. The highest BCUT2D eigenvalue weighted by atomic mass is 19.2. The summed E-state index contributed by atoms with van der Waals surface area (Å²) < 4.78 is 55.1. The van der Waals surface area contributed by atoms with Crippen molar-refractivity contribution in [2.75, 3.05) is 0 Å². The number of hydrogen-bond acceptors (Lipinski definition) is 2. The van der Waals surface area contributed by atoms with E-state index in [0.29, 0.717) is 12.8 Å². The van der Waals surface area contributed by atoms with Crippen LogP contribution in [0.25, 0.3) is 0 Å². The number of nitrogens with zero attached hydrogens (tertiary/aromatic N) is 1. The molecular formula is C19H21F4NO2. The zero-order valence-corrected chi connectivity index (χ0v) is 15.0. The number of amides is 2. The molecule has 1 aromatic carbocycles. The van der Waals surface area contributed by atoms with Crippen LogP contribution in [0, 0.1) is 34.6 Å². The molecule has 3 rings (SSSR count). The Morgan fingerprint density at radius 1 is 1.00 bits per heavy atom. The molecule has 2 aliphatic rings. The van der Waals surface area contributed by atoms with Crippen molar-refractivity contribution in [2.24, 2.45) is 11.3 Å². The summed E-state index contributed by atoms with van der Waals surface area (Å²) in [4.78, 5) is 26.0. The Bertz CT molecular complexity index is 743. The molecule has 1 fully saturated rings. The average Bonchev–Trinajstić information content (AvgIpc) is 3.05. The first-order chi connectivity index (χ1) is 12.1. The largest absolute Gasteiger partial charge is 0.271 e. The fraction of sp³-hybridized carbons (Fsp3) is 0.579. The number of fused-ring (bicyclic) bond motifs is 1. The van der Waals surface area contributed by atoms with Gasteiger partial charge in [0, 0.05) is 6.04 Å². The van der Waals surface area contributed by atoms with E-state index in [4.69, 9.17) is 0 Å². The molecule has 7 heteroatoms. The van der Waals surface area contributed by atoms with Gasteiger partial charge in [-0.15, -0.1) is 0 Å². The van der Waals surface area contributed by atoms with Crippen molar-refractivity contribution in [1.29, 1.82) is 0 Å². The molecule has 1 saturated carbocycles. The number of imide groups is 1. The SMILES string of the molecule is CC[C@H](C[C@H]1CCCC1(C)C)N1C(=O)c2c(F)c(F)c(F)c(F)c2C1=O. The van der Waals surface area contributed by atoms with Gasteiger partial charge < -0.3 is 0 Å². The van der Waals surface area contributed by atoms with Gasteiger partial charge in [0.2, 0.25) is 0 Å². The van der Waals surface area contributed by atoms with E-state index in [1.54, 1.807) is 6.92 Å². The lowest BCUT2D eigenvalue weighted by Crippen LogP contribution is -2.41. The Labute approximate surface area is 149 Å². The minimum absolute atomic E-state index is 0.0425. The fourth-order valence-corrected chi connectivity index (χ4v) is 4.32.